The average molecular weight is 255 g/mol. The molecule has 1 aromatic heterocycles. The molecule has 1 saturated carbocycles. The topological polar surface area (TPSA) is 54.0 Å². The van der Waals surface area contributed by atoms with Crippen LogP contribution in [0.1, 0.15) is 23.3 Å². The number of rotatable bonds is 4. The number of nitrogens with zero attached hydrogens (tertiary/aromatic N) is 1. The number of aromatic nitrogens is 1. The molecule has 19 heavy (non-hydrogen) atoms. The van der Waals surface area contributed by atoms with Crippen LogP contribution < -0.4 is 10.6 Å². The molecule has 98 valence electrons. The van der Waals surface area contributed by atoms with Crippen LogP contribution in [0.4, 0.5) is 5.82 Å². The first-order chi connectivity index (χ1) is 9.28. The molecule has 0 spiro atoms. The van der Waals surface area contributed by atoms with E-state index in [4.69, 9.17) is 0 Å². The first kappa shape index (κ1) is 12.0. The lowest BCUT2D eigenvalue weighted by atomic mass is 10.1. The smallest absolute Gasteiger partial charge is 0.270 e. The van der Waals surface area contributed by atoms with E-state index in [9.17, 15) is 4.79 Å². The Morgan fingerprint density at radius 3 is 2.89 bits per heavy atom. The van der Waals surface area contributed by atoms with E-state index in [1.54, 1.807) is 0 Å². The van der Waals surface area contributed by atoms with Gasteiger partial charge in [0.05, 0.1) is 0 Å². The highest BCUT2D eigenvalue weighted by molar-refractivity contribution is 6.00. The molecule has 2 aromatic rings. The molecule has 0 saturated heterocycles. The van der Waals surface area contributed by atoms with Crippen molar-refractivity contribution in [2.75, 3.05) is 18.9 Å². The Labute approximate surface area is 112 Å². The maximum absolute atomic E-state index is 12.1. The molecule has 2 N–H and O–H groups in total. The Morgan fingerprint density at radius 2 is 2.16 bits per heavy atom. The van der Waals surface area contributed by atoms with Crippen molar-refractivity contribution in [3.05, 3.63) is 36.0 Å². The fraction of sp³-hybridized carbons (Fsp3) is 0.333. The summed E-state index contributed by atoms with van der Waals surface area (Å²) >= 11 is 0. The van der Waals surface area contributed by atoms with E-state index < -0.39 is 0 Å². The van der Waals surface area contributed by atoms with Gasteiger partial charge in [0, 0.05) is 19.0 Å². The average Bonchev–Trinajstić information content (AvgIpc) is 3.27. The molecule has 4 nitrogen and oxygen atoms in total. The molecule has 0 atom stereocenters. The lowest BCUT2D eigenvalue weighted by Gasteiger charge is -2.09. The standard InChI is InChI=1S/C15H17N3O/c1-16-14-12-5-3-2-4-11(12)8-13(18-14)15(19)17-9-10-6-7-10/h2-5,8,10H,6-7,9H2,1H3,(H,16,18)(H,17,19). The van der Waals surface area contributed by atoms with Gasteiger partial charge in [-0.25, -0.2) is 4.98 Å². The van der Waals surface area contributed by atoms with Gasteiger partial charge in [0.2, 0.25) is 0 Å². The van der Waals surface area contributed by atoms with Gasteiger partial charge < -0.3 is 10.6 Å². The normalized spacial score (nSPS) is 14.4. The van der Waals surface area contributed by atoms with Gasteiger partial charge in [-0.1, -0.05) is 24.3 Å². The maximum atomic E-state index is 12.1. The zero-order valence-electron chi connectivity index (χ0n) is 10.9. The van der Waals surface area contributed by atoms with E-state index in [1.165, 1.54) is 12.8 Å². The third-order valence-electron chi connectivity index (χ3n) is 3.46. The third-order valence-corrected chi connectivity index (χ3v) is 3.46. The Kier molecular flexibility index (Phi) is 3.07. The van der Waals surface area contributed by atoms with Crippen LogP contribution in [0.5, 0.6) is 0 Å². The predicted octanol–water partition coefficient (Wildman–Crippen LogP) is 2.42. The number of hydrogen-bond acceptors (Lipinski definition) is 3. The molecule has 0 bridgehead atoms. The molecule has 3 rings (SSSR count). The highest BCUT2D eigenvalue weighted by Gasteiger charge is 2.22. The number of carbonyl (C=O) groups is 1. The molecule has 1 heterocycles. The van der Waals surface area contributed by atoms with Gasteiger partial charge in [0.1, 0.15) is 11.5 Å². The van der Waals surface area contributed by atoms with Crippen LogP contribution in [0.2, 0.25) is 0 Å². The van der Waals surface area contributed by atoms with Gasteiger partial charge in [0.25, 0.3) is 5.91 Å². The lowest BCUT2D eigenvalue weighted by Crippen LogP contribution is -2.26. The minimum atomic E-state index is -0.0887. The van der Waals surface area contributed by atoms with Crippen molar-refractivity contribution >= 4 is 22.5 Å². The second-order valence-corrected chi connectivity index (χ2v) is 4.98. The van der Waals surface area contributed by atoms with Crippen molar-refractivity contribution in [1.82, 2.24) is 10.3 Å². The van der Waals surface area contributed by atoms with E-state index in [2.05, 4.69) is 15.6 Å². The second-order valence-electron chi connectivity index (χ2n) is 4.98. The van der Waals surface area contributed by atoms with Crippen molar-refractivity contribution in [1.29, 1.82) is 0 Å². The van der Waals surface area contributed by atoms with Gasteiger partial charge >= 0.3 is 0 Å². The molecule has 1 amide bonds. The molecule has 1 aliphatic rings. The van der Waals surface area contributed by atoms with Crippen molar-refractivity contribution in [2.45, 2.75) is 12.8 Å². The zero-order chi connectivity index (χ0) is 13.2. The number of hydrogen-bond donors (Lipinski definition) is 2. The Bertz CT molecular complexity index is 620. The summed E-state index contributed by atoms with van der Waals surface area (Å²) in [7, 11) is 1.82. The highest BCUT2D eigenvalue weighted by atomic mass is 16.1. The summed E-state index contributed by atoms with van der Waals surface area (Å²) in [6.45, 7) is 0.766. The predicted molar refractivity (Wildman–Crippen MR) is 76.3 cm³/mol. The van der Waals surface area contributed by atoms with Gasteiger partial charge in [-0.3, -0.25) is 4.79 Å². The number of anilines is 1. The van der Waals surface area contributed by atoms with E-state index >= 15 is 0 Å². The molecule has 1 fully saturated rings. The van der Waals surface area contributed by atoms with Crippen LogP contribution in [-0.4, -0.2) is 24.5 Å². The van der Waals surface area contributed by atoms with Gasteiger partial charge in [-0.2, -0.15) is 0 Å². The lowest BCUT2D eigenvalue weighted by molar-refractivity contribution is 0.0947. The van der Waals surface area contributed by atoms with Crippen LogP contribution in [0.3, 0.4) is 0 Å². The first-order valence-electron chi connectivity index (χ1n) is 6.63. The van der Waals surface area contributed by atoms with Crippen molar-refractivity contribution in [3.63, 3.8) is 0 Å². The molecular formula is C15H17N3O. The molecule has 0 radical (unpaired) electrons. The van der Waals surface area contributed by atoms with E-state index in [1.807, 2.05) is 37.4 Å². The summed E-state index contributed by atoms with van der Waals surface area (Å²) in [4.78, 5) is 16.5. The molecule has 1 aromatic carbocycles. The number of amides is 1. The van der Waals surface area contributed by atoms with E-state index in [0.717, 1.165) is 23.1 Å². The summed E-state index contributed by atoms with van der Waals surface area (Å²) in [5.74, 6) is 1.33. The summed E-state index contributed by atoms with van der Waals surface area (Å²) in [6.07, 6.45) is 2.46. The molecule has 1 aliphatic carbocycles. The maximum Gasteiger partial charge on any atom is 0.270 e. The molecular weight excluding hydrogens is 238 g/mol. The fourth-order valence-corrected chi connectivity index (χ4v) is 2.16. The minimum Gasteiger partial charge on any atom is -0.373 e. The van der Waals surface area contributed by atoms with Gasteiger partial charge in [0.15, 0.2) is 0 Å². The van der Waals surface area contributed by atoms with Gasteiger partial charge in [-0.15, -0.1) is 0 Å². The number of pyridine rings is 1. The Morgan fingerprint density at radius 1 is 1.37 bits per heavy atom. The number of nitrogens with one attached hydrogen (secondary N) is 2. The quantitative estimate of drug-likeness (QED) is 0.882. The van der Waals surface area contributed by atoms with Crippen LogP contribution in [0.15, 0.2) is 30.3 Å². The Hall–Kier alpha value is -2.10. The number of carbonyl (C=O) groups excluding carboxylic acids is 1. The number of fused-ring (bicyclic) bond motifs is 1. The van der Waals surface area contributed by atoms with Crippen LogP contribution in [0, 0.1) is 5.92 Å². The van der Waals surface area contributed by atoms with E-state index in [0.29, 0.717) is 11.6 Å². The first-order valence-corrected chi connectivity index (χ1v) is 6.63. The summed E-state index contributed by atoms with van der Waals surface area (Å²) in [5, 5.41) is 8.06. The van der Waals surface area contributed by atoms with Crippen molar-refractivity contribution in [2.24, 2.45) is 5.92 Å². The van der Waals surface area contributed by atoms with Crippen molar-refractivity contribution in [3.8, 4) is 0 Å². The van der Waals surface area contributed by atoms with Crippen molar-refractivity contribution < 1.29 is 4.79 Å². The highest BCUT2D eigenvalue weighted by Crippen LogP contribution is 2.27. The van der Waals surface area contributed by atoms with Crippen LogP contribution in [0.25, 0.3) is 10.8 Å². The van der Waals surface area contributed by atoms with Crippen LogP contribution in [-0.2, 0) is 0 Å². The monoisotopic (exact) mass is 255 g/mol. The van der Waals surface area contributed by atoms with Crippen LogP contribution >= 0.6 is 0 Å². The summed E-state index contributed by atoms with van der Waals surface area (Å²) < 4.78 is 0. The Balaban J connectivity index is 1.91. The summed E-state index contributed by atoms with van der Waals surface area (Å²) in [5.41, 5.74) is 0.476. The zero-order valence-corrected chi connectivity index (χ0v) is 10.9. The van der Waals surface area contributed by atoms with Gasteiger partial charge in [-0.05, 0) is 30.2 Å². The SMILES string of the molecule is CNc1nc(C(=O)NCC2CC2)cc2ccccc12. The number of benzene rings is 1. The molecule has 0 unspecified atom stereocenters. The molecule has 0 aliphatic heterocycles. The molecule has 4 heteroatoms. The fourth-order valence-electron chi connectivity index (χ4n) is 2.16. The third kappa shape index (κ3) is 2.52. The largest absolute Gasteiger partial charge is 0.373 e. The van der Waals surface area contributed by atoms with E-state index in [-0.39, 0.29) is 5.91 Å². The minimum absolute atomic E-state index is 0.0887. The summed E-state index contributed by atoms with van der Waals surface area (Å²) in [6, 6.07) is 9.78. The second kappa shape index (κ2) is 4.88.